The minimum Gasteiger partial charge on any atom is -0.457 e. The highest BCUT2D eigenvalue weighted by atomic mass is 35.5. The fourth-order valence-electron chi connectivity index (χ4n) is 3.40. The average molecular weight is 779 g/mol. The lowest BCUT2D eigenvalue weighted by molar-refractivity contribution is -0.138. The van der Waals surface area contributed by atoms with E-state index < -0.39 is 62.6 Å². The van der Waals surface area contributed by atoms with E-state index in [2.05, 4.69) is 15.6 Å². The van der Waals surface area contributed by atoms with Gasteiger partial charge in [-0.3, -0.25) is 9.78 Å². The van der Waals surface area contributed by atoms with Crippen LogP contribution in [0.3, 0.4) is 0 Å². The van der Waals surface area contributed by atoms with Crippen LogP contribution in [0.1, 0.15) is 21.6 Å². The standard InChI is InChI=1S/C21H15ClF4N4O3.C7H4ClF4N.CH2Cl2/c1-27-19(31)18-8-13(6-7-28-18)33-12-4-2-11(3-5-12)29-20(32)30-17-9-14(21(24,25)26)15(22)10-16(17)23;8-4-2-5(9)6(13)1-3(4)7(10,11)12;2-1-3/h2-10H,1H3,(H,27,31)(H2,29,30,32);1-2H,13H2;1H2/i23-1;9-1;. The third-order valence-electron chi connectivity index (χ3n) is 5.54. The number of carbonyl (C=O) groups is 2. The zero-order valence-electron chi connectivity index (χ0n) is 24.3. The van der Waals surface area contributed by atoms with Gasteiger partial charge in [-0.2, -0.15) is 26.3 Å². The van der Waals surface area contributed by atoms with E-state index in [0.717, 1.165) is 0 Å². The molecule has 1 aromatic heterocycles. The molecule has 0 aliphatic heterocycles. The number of alkyl halides is 8. The second-order valence-corrected chi connectivity index (χ2v) is 10.5. The molecule has 3 amide bonds. The van der Waals surface area contributed by atoms with Gasteiger partial charge < -0.3 is 26.4 Å². The van der Waals surface area contributed by atoms with Gasteiger partial charge in [0.05, 0.1) is 37.9 Å². The molecule has 20 heteroatoms. The van der Waals surface area contributed by atoms with Crippen molar-refractivity contribution < 1.29 is 49.4 Å². The first-order chi connectivity index (χ1) is 22.8. The molecule has 0 spiro atoms. The number of rotatable bonds is 5. The quantitative estimate of drug-likeness (QED) is 0.0914. The van der Waals surface area contributed by atoms with E-state index >= 15 is 0 Å². The van der Waals surface area contributed by atoms with Gasteiger partial charge in [-0.25, -0.2) is 13.6 Å². The third kappa shape index (κ3) is 12.6. The maximum Gasteiger partial charge on any atom is 0.417 e. The maximum absolute atomic E-state index is 13.9. The number of nitrogens with two attached hydrogens (primary N) is 1. The predicted molar refractivity (Wildman–Crippen MR) is 171 cm³/mol. The fourth-order valence-corrected chi connectivity index (χ4v) is 3.91. The first-order valence-corrected chi connectivity index (χ1v) is 14.7. The van der Waals surface area contributed by atoms with Gasteiger partial charge in [0.25, 0.3) is 5.91 Å². The number of nitrogen functional groups attached to an aromatic ring is 1. The molecule has 4 rings (SSSR count). The van der Waals surface area contributed by atoms with E-state index in [-0.39, 0.29) is 22.6 Å². The van der Waals surface area contributed by atoms with Gasteiger partial charge in [-0.1, -0.05) is 23.2 Å². The fraction of sp³-hybridized carbons (Fsp3) is 0.138. The first-order valence-electron chi connectivity index (χ1n) is 12.8. The van der Waals surface area contributed by atoms with Crippen molar-refractivity contribution >= 4 is 75.4 Å². The Hall–Kier alpha value is -4.25. The Bertz CT molecular complexity index is 1760. The summed E-state index contributed by atoms with van der Waals surface area (Å²) < 4.78 is 107. The number of urea groups is 1. The number of hydrogen-bond donors (Lipinski definition) is 4. The van der Waals surface area contributed by atoms with Crippen LogP contribution in [0.2, 0.25) is 10.0 Å². The Balaban J connectivity index is 0.000000432. The lowest BCUT2D eigenvalue weighted by Crippen LogP contribution is -2.20. The molecular formula is C29H21Cl4F8N5O3. The Morgan fingerprint density at radius 1 is 0.796 bits per heavy atom. The monoisotopic (exact) mass is 777 g/mol. The molecule has 0 saturated carbocycles. The SMILES string of the molecule is CNC(=O)c1cc(Oc2ccc(NC(=O)Nc3cc(C(F)(F)F)c(Cl)cc3[18F])cc2)ccn1.ClCCl.Nc1cc(C(F)(F)F)c(Cl)cc1[18F]. The number of amides is 3. The molecule has 8 nitrogen and oxygen atoms in total. The topological polar surface area (TPSA) is 118 Å². The molecule has 0 radical (unpaired) electrons. The lowest BCUT2D eigenvalue weighted by Gasteiger charge is -2.13. The summed E-state index contributed by atoms with van der Waals surface area (Å²) in [5.74, 6) is -1.75. The number of benzene rings is 3. The van der Waals surface area contributed by atoms with Gasteiger partial charge in [0, 0.05) is 25.0 Å². The van der Waals surface area contributed by atoms with Crippen LogP contribution >= 0.6 is 46.4 Å². The van der Waals surface area contributed by atoms with E-state index in [4.69, 9.17) is 56.9 Å². The summed E-state index contributed by atoms with van der Waals surface area (Å²) in [6.07, 6.45) is -8.03. The van der Waals surface area contributed by atoms with Gasteiger partial charge in [-0.05, 0) is 54.6 Å². The van der Waals surface area contributed by atoms with Crippen molar-refractivity contribution in [1.82, 2.24) is 10.3 Å². The van der Waals surface area contributed by atoms with Crippen molar-refractivity contribution in [2.75, 3.05) is 28.8 Å². The van der Waals surface area contributed by atoms with Crippen molar-refractivity contribution in [2.24, 2.45) is 0 Å². The minimum atomic E-state index is -4.82. The number of anilines is 3. The zero-order valence-corrected chi connectivity index (χ0v) is 27.4. The molecule has 4 aromatic rings. The maximum atomic E-state index is 13.9. The lowest BCUT2D eigenvalue weighted by atomic mass is 10.2. The number of halogens is 12. The van der Waals surface area contributed by atoms with Crippen LogP contribution in [0.15, 0.2) is 66.9 Å². The number of ether oxygens (including phenoxy) is 1. The Morgan fingerprint density at radius 2 is 1.33 bits per heavy atom. The second kappa shape index (κ2) is 17.9. The van der Waals surface area contributed by atoms with Crippen molar-refractivity contribution in [1.29, 1.82) is 0 Å². The molecule has 0 saturated heterocycles. The van der Waals surface area contributed by atoms with Crippen LogP contribution in [0, 0.1) is 11.6 Å². The summed E-state index contributed by atoms with van der Waals surface area (Å²) in [7, 11) is 1.47. The van der Waals surface area contributed by atoms with Gasteiger partial charge in [-0.15, -0.1) is 23.2 Å². The number of pyridine rings is 1. The molecule has 49 heavy (non-hydrogen) atoms. The molecule has 1 heterocycles. The molecule has 0 aliphatic rings. The van der Waals surface area contributed by atoms with Crippen molar-refractivity contribution in [3.8, 4) is 11.5 Å². The summed E-state index contributed by atoms with van der Waals surface area (Å²) >= 11 is 20.1. The van der Waals surface area contributed by atoms with Crippen LogP contribution in [0.25, 0.3) is 0 Å². The summed E-state index contributed by atoms with van der Waals surface area (Å²) in [6.45, 7) is 0. The summed E-state index contributed by atoms with van der Waals surface area (Å²) in [4.78, 5) is 27.7. The van der Waals surface area contributed by atoms with Crippen LogP contribution in [-0.4, -0.2) is 29.3 Å². The zero-order chi connectivity index (χ0) is 37.1. The van der Waals surface area contributed by atoms with Gasteiger partial charge >= 0.3 is 18.4 Å². The van der Waals surface area contributed by atoms with Crippen molar-refractivity contribution in [3.63, 3.8) is 0 Å². The smallest absolute Gasteiger partial charge is 0.417 e. The number of carbonyl (C=O) groups excluding carboxylic acids is 2. The molecule has 264 valence electrons. The predicted octanol–water partition coefficient (Wildman–Crippen LogP) is 10.2. The van der Waals surface area contributed by atoms with E-state index in [1.807, 2.05) is 5.32 Å². The number of nitrogens with one attached hydrogen (secondary N) is 3. The Labute approximate surface area is 292 Å². The van der Waals surface area contributed by atoms with Crippen molar-refractivity contribution in [2.45, 2.75) is 12.4 Å². The summed E-state index contributed by atoms with van der Waals surface area (Å²) in [5, 5.41) is 5.50. The van der Waals surface area contributed by atoms with Gasteiger partial charge in [0.2, 0.25) is 0 Å². The largest absolute Gasteiger partial charge is 0.457 e. The molecule has 0 atom stereocenters. The molecule has 0 bridgehead atoms. The van der Waals surface area contributed by atoms with Gasteiger partial charge in [0.15, 0.2) is 0 Å². The third-order valence-corrected chi connectivity index (χ3v) is 6.17. The molecule has 0 aliphatic carbocycles. The van der Waals surface area contributed by atoms with E-state index in [1.165, 1.54) is 43.6 Å². The molecule has 3 aromatic carbocycles. The highest BCUT2D eigenvalue weighted by molar-refractivity contribution is 6.40. The summed E-state index contributed by atoms with van der Waals surface area (Å²) in [6, 6.07) is 9.82. The second-order valence-electron chi connectivity index (χ2n) is 8.92. The van der Waals surface area contributed by atoms with Crippen molar-refractivity contribution in [3.05, 3.63) is 105 Å². The Morgan fingerprint density at radius 3 is 1.86 bits per heavy atom. The molecular weight excluding hydrogens is 758 g/mol. The number of nitrogens with zero attached hydrogens (tertiary/aromatic N) is 1. The highest BCUT2D eigenvalue weighted by Gasteiger charge is 2.35. The van der Waals surface area contributed by atoms with Crippen LogP contribution in [-0.2, 0) is 12.4 Å². The summed E-state index contributed by atoms with van der Waals surface area (Å²) in [5.41, 5.74) is 1.70. The molecule has 0 fully saturated rings. The number of aromatic nitrogens is 1. The first kappa shape index (κ1) is 40.9. The van der Waals surface area contributed by atoms with E-state index in [0.29, 0.717) is 35.8 Å². The highest BCUT2D eigenvalue weighted by Crippen LogP contribution is 2.38. The normalized spacial score (nSPS) is 10.9. The Kier molecular flexibility index (Phi) is 15.0. The molecule has 0 unspecified atom stereocenters. The molecule has 5 N–H and O–H groups in total. The van der Waals surface area contributed by atoms with Crippen LogP contribution in [0.4, 0.5) is 57.0 Å². The van der Waals surface area contributed by atoms with Crippen LogP contribution < -0.4 is 26.4 Å². The van der Waals surface area contributed by atoms with Gasteiger partial charge in [0.1, 0.15) is 28.8 Å². The van der Waals surface area contributed by atoms with E-state index in [9.17, 15) is 44.7 Å². The van der Waals surface area contributed by atoms with E-state index in [1.54, 1.807) is 6.07 Å². The number of hydrogen-bond acceptors (Lipinski definition) is 5. The average Bonchev–Trinajstić information content (AvgIpc) is 3.00. The minimum absolute atomic E-state index is 0.160. The van der Waals surface area contributed by atoms with Crippen LogP contribution in [0.5, 0.6) is 11.5 Å².